The zero-order valence-corrected chi connectivity index (χ0v) is 13.0. The molecule has 0 bridgehead atoms. The molecule has 0 aliphatic carbocycles. The Hall–Kier alpha value is -1.34. The van der Waals surface area contributed by atoms with Crippen LogP contribution < -0.4 is 9.47 Å². The van der Waals surface area contributed by atoms with Gasteiger partial charge in [-0.1, -0.05) is 0 Å². The minimum Gasteiger partial charge on any atom is -0.486 e. The van der Waals surface area contributed by atoms with Crippen LogP contribution in [-0.4, -0.2) is 46.8 Å². The van der Waals surface area contributed by atoms with E-state index in [0.717, 1.165) is 0 Å². The number of carbonyl (C=O) groups excluding carboxylic acids is 2. The summed E-state index contributed by atoms with van der Waals surface area (Å²) >= 11 is 5.79. The number of hydrogen-bond acceptors (Lipinski definition) is 6. The van der Waals surface area contributed by atoms with Crippen LogP contribution in [0.4, 0.5) is 0 Å². The molecule has 112 valence electrons. The molecule has 0 aromatic heterocycles. The minimum absolute atomic E-state index is 0.0165. The van der Waals surface area contributed by atoms with Crippen LogP contribution in [0.1, 0.15) is 16.8 Å². The quantitative estimate of drug-likeness (QED) is 0.676. The first-order valence-corrected chi connectivity index (χ1v) is 8.23. The van der Waals surface area contributed by atoms with E-state index in [9.17, 15) is 9.59 Å². The standard InChI is InChI=1S/C14H15NO4S2/c16-10(3-4-15-13(17)8-21-14(15)20)9-1-2-11-12(7-9)19-6-5-18-11/h1-2,7,14,20H,3-6,8H2. The highest BCUT2D eigenvalue weighted by Gasteiger charge is 2.29. The van der Waals surface area contributed by atoms with Crippen LogP contribution in [0.2, 0.25) is 0 Å². The largest absolute Gasteiger partial charge is 0.486 e. The number of rotatable bonds is 4. The highest BCUT2D eigenvalue weighted by Crippen LogP contribution is 2.31. The molecule has 2 heterocycles. The van der Waals surface area contributed by atoms with Gasteiger partial charge in [0.2, 0.25) is 5.91 Å². The summed E-state index contributed by atoms with van der Waals surface area (Å²) in [5.41, 5.74) is 0.578. The average molecular weight is 325 g/mol. The van der Waals surface area contributed by atoms with Crippen LogP contribution in [0, 0.1) is 0 Å². The Morgan fingerprint density at radius 3 is 2.81 bits per heavy atom. The topological polar surface area (TPSA) is 55.8 Å². The zero-order valence-electron chi connectivity index (χ0n) is 11.3. The minimum atomic E-state index is -0.148. The molecular weight excluding hydrogens is 310 g/mol. The van der Waals surface area contributed by atoms with Gasteiger partial charge in [0.05, 0.1) is 5.75 Å². The van der Waals surface area contributed by atoms with Gasteiger partial charge in [-0.25, -0.2) is 0 Å². The van der Waals surface area contributed by atoms with E-state index in [1.54, 1.807) is 23.1 Å². The van der Waals surface area contributed by atoms with Crippen LogP contribution in [-0.2, 0) is 4.79 Å². The third-order valence-corrected chi connectivity index (χ3v) is 5.08. The normalized spacial score (nSPS) is 20.7. The Kier molecular flexibility index (Phi) is 4.30. The molecule has 1 aromatic rings. The van der Waals surface area contributed by atoms with E-state index in [1.165, 1.54) is 11.8 Å². The molecule has 0 spiro atoms. The Labute approximate surface area is 132 Å². The number of thioether (sulfide) groups is 1. The Morgan fingerprint density at radius 1 is 1.33 bits per heavy atom. The highest BCUT2D eigenvalue weighted by molar-refractivity contribution is 8.11. The van der Waals surface area contributed by atoms with E-state index in [4.69, 9.17) is 9.47 Å². The number of carbonyl (C=O) groups is 2. The van der Waals surface area contributed by atoms with Crippen molar-refractivity contribution in [2.45, 2.75) is 11.1 Å². The number of fused-ring (bicyclic) bond motifs is 1. The lowest BCUT2D eigenvalue weighted by Gasteiger charge is -2.20. The van der Waals surface area contributed by atoms with E-state index in [1.807, 2.05) is 0 Å². The number of thiol groups is 1. The van der Waals surface area contributed by atoms with Gasteiger partial charge in [-0.15, -0.1) is 24.4 Å². The molecule has 2 aliphatic heterocycles. The molecule has 1 unspecified atom stereocenters. The summed E-state index contributed by atoms with van der Waals surface area (Å²) < 4.78 is 10.7. The van der Waals surface area contributed by atoms with Crippen molar-refractivity contribution in [2.75, 3.05) is 25.5 Å². The number of benzene rings is 1. The van der Waals surface area contributed by atoms with Gasteiger partial charge in [0.25, 0.3) is 0 Å². The van der Waals surface area contributed by atoms with E-state index < -0.39 is 0 Å². The van der Waals surface area contributed by atoms with Crippen molar-refractivity contribution in [1.29, 1.82) is 0 Å². The van der Waals surface area contributed by atoms with Gasteiger partial charge in [-0.05, 0) is 18.2 Å². The van der Waals surface area contributed by atoms with E-state index in [2.05, 4.69) is 12.6 Å². The summed E-state index contributed by atoms with van der Waals surface area (Å²) in [5, 5.41) is 0. The van der Waals surface area contributed by atoms with Gasteiger partial charge in [-0.3, -0.25) is 9.59 Å². The van der Waals surface area contributed by atoms with Crippen LogP contribution in [0.3, 0.4) is 0 Å². The first kappa shape index (κ1) is 14.6. The fourth-order valence-corrected chi connectivity index (χ4v) is 3.59. The Balaban J connectivity index is 1.64. The number of ether oxygens (including phenoxy) is 2. The molecular formula is C14H15NO4S2. The zero-order chi connectivity index (χ0) is 14.8. The van der Waals surface area contributed by atoms with Crippen LogP contribution in [0.5, 0.6) is 11.5 Å². The molecule has 3 rings (SSSR count). The van der Waals surface area contributed by atoms with Gasteiger partial charge in [0, 0.05) is 18.5 Å². The third kappa shape index (κ3) is 3.13. The first-order valence-electron chi connectivity index (χ1n) is 6.67. The SMILES string of the molecule is O=C(CCN1C(=O)CSC1S)c1ccc2c(c1)OCCO2. The molecule has 1 atom stereocenters. The molecule has 1 amide bonds. The number of nitrogens with zero attached hydrogens (tertiary/aromatic N) is 1. The molecule has 7 heteroatoms. The second-order valence-electron chi connectivity index (χ2n) is 4.76. The number of amides is 1. The van der Waals surface area contributed by atoms with Crippen LogP contribution in [0.15, 0.2) is 18.2 Å². The molecule has 5 nitrogen and oxygen atoms in total. The smallest absolute Gasteiger partial charge is 0.234 e. The second kappa shape index (κ2) is 6.19. The van der Waals surface area contributed by atoms with Gasteiger partial charge in [0.1, 0.15) is 17.9 Å². The van der Waals surface area contributed by atoms with E-state index in [0.29, 0.717) is 42.6 Å². The maximum atomic E-state index is 12.2. The summed E-state index contributed by atoms with van der Waals surface area (Å²) in [6.45, 7) is 1.41. The molecule has 0 radical (unpaired) electrons. The second-order valence-corrected chi connectivity index (χ2v) is 6.66. The van der Waals surface area contributed by atoms with Crippen LogP contribution >= 0.6 is 24.4 Å². The van der Waals surface area contributed by atoms with Gasteiger partial charge in [-0.2, -0.15) is 0 Å². The lowest BCUT2D eigenvalue weighted by atomic mass is 10.1. The summed E-state index contributed by atoms with van der Waals surface area (Å²) in [6, 6.07) is 5.18. The molecule has 21 heavy (non-hydrogen) atoms. The van der Waals surface area contributed by atoms with Crippen molar-refractivity contribution >= 4 is 36.1 Å². The van der Waals surface area contributed by atoms with Crippen molar-refractivity contribution in [3.05, 3.63) is 23.8 Å². The first-order chi connectivity index (χ1) is 10.1. The average Bonchev–Trinajstić information content (AvgIpc) is 2.83. The van der Waals surface area contributed by atoms with Crippen LogP contribution in [0.25, 0.3) is 0 Å². The Morgan fingerprint density at radius 2 is 2.10 bits per heavy atom. The molecule has 1 fully saturated rings. The predicted molar refractivity (Wildman–Crippen MR) is 83.3 cm³/mol. The number of Topliss-reactive ketones (excluding diaryl/α,β-unsaturated/α-hetero) is 1. The van der Waals surface area contributed by atoms with Crippen molar-refractivity contribution in [2.24, 2.45) is 0 Å². The number of hydrogen-bond donors (Lipinski definition) is 1. The lowest BCUT2D eigenvalue weighted by Crippen LogP contribution is -2.32. The molecule has 0 N–H and O–H groups in total. The molecule has 1 aromatic carbocycles. The van der Waals surface area contributed by atoms with Gasteiger partial charge < -0.3 is 14.4 Å². The van der Waals surface area contributed by atoms with Crippen molar-refractivity contribution < 1.29 is 19.1 Å². The summed E-state index contributed by atoms with van der Waals surface area (Å²) in [6.07, 6.45) is 0.281. The number of ketones is 1. The van der Waals surface area contributed by atoms with Gasteiger partial charge >= 0.3 is 0 Å². The van der Waals surface area contributed by atoms with Crippen molar-refractivity contribution in [1.82, 2.24) is 4.90 Å². The fraction of sp³-hybridized carbons (Fsp3) is 0.429. The lowest BCUT2D eigenvalue weighted by molar-refractivity contribution is -0.126. The molecule has 2 aliphatic rings. The summed E-state index contributed by atoms with van der Waals surface area (Å²) in [7, 11) is 0. The van der Waals surface area contributed by atoms with Gasteiger partial charge in [0.15, 0.2) is 17.3 Å². The maximum absolute atomic E-state index is 12.2. The fourth-order valence-electron chi connectivity index (χ4n) is 2.26. The maximum Gasteiger partial charge on any atom is 0.234 e. The highest BCUT2D eigenvalue weighted by atomic mass is 32.2. The van der Waals surface area contributed by atoms with E-state index >= 15 is 0 Å². The third-order valence-electron chi connectivity index (χ3n) is 3.39. The van der Waals surface area contributed by atoms with Crippen molar-refractivity contribution in [3.8, 4) is 11.5 Å². The van der Waals surface area contributed by atoms with E-state index in [-0.39, 0.29) is 22.8 Å². The predicted octanol–water partition coefficient (Wildman–Crippen LogP) is 1.82. The summed E-state index contributed by atoms with van der Waals surface area (Å²) in [5.74, 6) is 1.73. The Bertz CT molecular complexity index is 578. The molecule has 1 saturated heterocycles. The monoisotopic (exact) mass is 325 g/mol. The van der Waals surface area contributed by atoms with Crippen molar-refractivity contribution in [3.63, 3.8) is 0 Å². The summed E-state index contributed by atoms with van der Waals surface area (Å²) in [4.78, 5) is 25.5. The molecule has 0 saturated carbocycles.